The second-order valence-electron chi connectivity index (χ2n) is 6.26. The van der Waals surface area contributed by atoms with E-state index >= 15 is 0 Å². The number of nitrogens with two attached hydrogens (primary N) is 1. The quantitative estimate of drug-likeness (QED) is 0.864. The van der Waals surface area contributed by atoms with Crippen LogP contribution >= 0.6 is 0 Å². The van der Waals surface area contributed by atoms with Crippen molar-refractivity contribution in [2.45, 2.75) is 52.2 Å². The average Bonchev–Trinajstić information content (AvgIpc) is 2.80. The van der Waals surface area contributed by atoms with E-state index < -0.39 is 0 Å². The first-order valence-corrected chi connectivity index (χ1v) is 7.07. The molecule has 1 aliphatic rings. The molecule has 0 bridgehead atoms. The maximum Gasteiger partial charge on any atom is 0.0310 e. The molecule has 2 heteroatoms. The van der Waals surface area contributed by atoms with Crippen LogP contribution in [0.25, 0.3) is 0 Å². The Morgan fingerprint density at radius 1 is 1.22 bits per heavy atom. The van der Waals surface area contributed by atoms with Gasteiger partial charge in [0.15, 0.2) is 0 Å². The van der Waals surface area contributed by atoms with Crippen molar-refractivity contribution in [1.29, 1.82) is 0 Å². The number of benzene rings is 1. The van der Waals surface area contributed by atoms with Crippen LogP contribution in [-0.4, -0.2) is 17.0 Å². The largest absolute Gasteiger partial charge is 0.329 e. The highest BCUT2D eigenvalue weighted by atomic mass is 15.2. The smallest absolute Gasteiger partial charge is 0.0310 e. The molecule has 1 aliphatic heterocycles. The molecule has 1 aromatic rings. The van der Waals surface area contributed by atoms with E-state index in [4.69, 9.17) is 5.73 Å². The Labute approximate surface area is 111 Å². The van der Waals surface area contributed by atoms with Gasteiger partial charge in [-0.3, -0.25) is 4.90 Å². The van der Waals surface area contributed by atoms with E-state index in [9.17, 15) is 0 Å². The third-order valence-electron chi connectivity index (χ3n) is 4.30. The van der Waals surface area contributed by atoms with Crippen LogP contribution < -0.4 is 5.73 Å². The first-order chi connectivity index (χ1) is 8.55. The summed E-state index contributed by atoms with van der Waals surface area (Å²) in [6, 6.07) is 8.76. The van der Waals surface area contributed by atoms with Gasteiger partial charge in [0.25, 0.3) is 0 Å². The zero-order chi connectivity index (χ0) is 13.2. The lowest BCUT2D eigenvalue weighted by atomic mass is 9.90. The average molecular weight is 246 g/mol. The predicted octanol–water partition coefficient (Wildman–Crippen LogP) is 3.16. The first kappa shape index (κ1) is 13.6. The van der Waals surface area contributed by atoms with E-state index in [2.05, 4.69) is 49.9 Å². The summed E-state index contributed by atoms with van der Waals surface area (Å²) in [5.74, 6) is 0.751. The molecule has 0 aromatic heterocycles. The van der Waals surface area contributed by atoms with Gasteiger partial charge in [0.1, 0.15) is 0 Å². The summed E-state index contributed by atoms with van der Waals surface area (Å²) in [5.41, 5.74) is 9.16. The van der Waals surface area contributed by atoms with Gasteiger partial charge in [-0.15, -0.1) is 0 Å². The van der Waals surface area contributed by atoms with Crippen molar-refractivity contribution in [2.24, 2.45) is 11.7 Å². The van der Waals surface area contributed by atoms with Gasteiger partial charge in [-0.2, -0.15) is 0 Å². The van der Waals surface area contributed by atoms with Gasteiger partial charge < -0.3 is 5.73 Å². The van der Waals surface area contributed by atoms with Gasteiger partial charge in [0, 0.05) is 25.2 Å². The van der Waals surface area contributed by atoms with Crippen LogP contribution in [0.3, 0.4) is 0 Å². The predicted molar refractivity (Wildman–Crippen MR) is 77.2 cm³/mol. The summed E-state index contributed by atoms with van der Waals surface area (Å²) in [6.45, 7) is 9.75. The summed E-state index contributed by atoms with van der Waals surface area (Å²) in [4.78, 5) is 2.56. The van der Waals surface area contributed by atoms with Crippen LogP contribution in [0.5, 0.6) is 0 Å². The molecule has 0 radical (unpaired) electrons. The van der Waals surface area contributed by atoms with Crippen molar-refractivity contribution in [1.82, 2.24) is 4.90 Å². The van der Waals surface area contributed by atoms with Crippen LogP contribution in [0.2, 0.25) is 0 Å². The van der Waals surface area contributed by atoms with Crippen LogP contribution in [-0.2, 0) is 13.1 Å². The van der Waals surface area contributed by atoms with Crippen LogP contribution in [0.4, 0.5) is 0 Å². The Kier molecular flexibility index (Phi) is 4.08. The zero-order valence-electron chi connectivity index (χ0n) is 11.9. The molecular formula is C16H26N2. The molecule has 0 amide bonds. The fourth-order valence-electron chi connectivity index (χ4n) is 2.70. The Bertz CT molecular complexity index is 375. The van der Waals surface area contributed by atoms with Gasteiger partial charge >= 0.3 is 0 Å². The zero-order valence-corrected chi connectivity index (χ0v) is 11.9. The van der Waals surface area contributed by atoms with Crippen LogP contribution in [0, 0.1) is 5.92 Å². The topological polar surface area (TPSA) is 29.3 Å². The normalized spacial score (nSPS) is 18.9. The van der Waals surface area contributed by atoms with Gasteiger partial charge in [-0.1, -0.05) is 38.1 Å². The minimum atomic E-state index is 0.142. The van der Waals surface area contributed by atoms with Crippen LogP contribution in [0.1, 0.15) is 44.7 Å². The highest BCUT2D eigenvalue weighted by Crippen LogP contribution is 2.32. The lowest BCUT2D eigenvalue weighted by Gasteiger charge is -2.38. The van der Waals surface area contributed by atoms with Crippen molar-refractivity contribution in [2.75, 3.05) is 6.54 Å². The molecule has 18 heavy (non-hydrogen) atoms. The van der Waals surface area contributed by atoms with E-state index in [0.29, 0.717) is 0 Å². The summed E-state index contributed by atoms with van der Waals surface area (Å²) >= 11 is 0. The Morgan fingerprint density at radius 3 is 2.22 bits per heavy atom. The first-order valence-electron chi connectivity index (χ1n) is 7.07. The summed E-state index contributed by atoms with van der Waals surface area (Å²) < 4.78 is 0. The molecule has 2 N–H and O–H groups in total. The van der Waals surface area contributed by atoms with Crippen LogP contribution in [0.15, 0.2) is 24.3 Å². The molecule has 0 spiro atoms. The van der Waals surface area contributed by atoms with E-state index in [-0.39, 0.29) is 5.54 Å². The van der Waals surface area contributed by atoms with Crippen molar-refractivity contribution >= 4 is 0 Å². The van der Waals surface area contributed by atoms with Crippen molar-refractivity contribution in [3.63, 3.8) is 0 Å². The van der Waals surface area contributed by atoms with E-state index in [1.54, 1.807) is 0 Å². The number of fused-ring (bicyclic) bond motifs is 1. The molecule has 100 valence electrons. The summed E-state index contributed by atoms with van der Waals surface area (Å²) in [5, 5.41) is 0. The Hall–Kier alpha value is -0.860. The van der Waals surface area contributed by atoms with Crippen molar-refractivity contribution in [3.05, 3.63) is 35.4 Å². The molecular weight excluding hydrogens is 220 g/mol. The Morgan fingerprint density at radius 2 is 1.78 bits per heavy atom. The van der Waals surface area contributed by atoms with Crippen molar-refractivity contribution < 1.29 is 0 Å². The number of nitrogens with zero attached hydrogens (tertiary/aromatic N) is 1. The molecule has 0 fully saturated rings. The van der Waals surface area contributed by atoms with E-state index in [1.165, 1.54) is 24.0 Å². The highest BCUT2D eigenvalue weighted by molar-refractivity contribution is 5.30. The van der Waals surface area contributed by atoms with Gasteiger partial charge in [0.2, 0.25) is 0 Å². The molecule has 1 unspecified atom stereocenters. The highest BCUT2D eigenvalue weighted by Gasteiger charge is 2.34. The lowest BCUT2D eigenvalue weighted by Crippen LogP contribution is -2.49. The molecule has 0 saturated heterocycles. The lowest BCUT2D eigenvalue weighted by molar-refractivity contribution is 0.0932. The molecule has 2 nitrogen and oxygen atoms in total. The third-order valence-corrected chi connectivity index (χ3v) is 4.30. The monoisotopic (exact) mass is 246 g/mol. The summed E-state index contributed by atoms with van der Waals surface area (Å²) in [7, 11) is 0. The minimum Gasteiger partial charge on any atom is -0.329 e. The summed E-state index contributed by atoms with van der Waals surface area (Å²) in [6.07, 6.45) is 2.44. The maximum atomic E-state index is 6.07. The molecule has 1 atom stereocenters. The fourth-order valence-corrected chi connectivity index (χ4v) is 2.70. The number of hydrogen-bond acceptors (Lipinski definition) is 2. The third kappa shape index (κ3) is 2.76. The molecule has 1 aromatic carbocycles. The molecule has 0 saturated carbocycles. The molecule has 0 aliphatic carbocycles. The van der Waals surface area contributed by atoms with Gasteiger partial charge in [0.05, 0.1) is 0 Å². The maximum absolute atomic E-state index is 6.07. The van der Waals surface area contributed by atoms with E-state index in [0.717, 1.165) is 25.6 Å². The Balaban J connectivity index is 2.07. The fraction of sp³-hybridized carbons (Fsp3) is 0.625. The second-order valence-corrected chi connectivity index (χ2v) is 6.26. The minimum absolute atomic E-state index is 0.142. The standard InChI is InChI=1S/C16H26N2/c1-13(2)8-9-16(3,12-17)18-10-14-6-4-5-7-15(14)11-18/h4-7,13H,8-12,17H2,1-3H3. The van der Waals surface area contributed by atoms with E-state index in [1.807, 2.05) is 0 Å². The SMILES string of the molecule is CC(C)CCC(C)(CN)N1Cc2ccccc2C1. The van der Waals surface area contributed by atoms with Gasteiger partial charge in [-0.05, 0) is 36.8 Å². The second kappa shape index (κ2) is 5.41. The molecule has 1 heterocycles. The van der Waals surface area contributed by atoms with Crippen molar-refractivity contribution in [3.8, 4) is 0 Å². The number of rotatable bonds is 5. The van der Waals surface area contributed by atoms with Gasteiger partial charge in [-0.25, -0.2) is 0 Å². The molecule has 2 rings (SSSR count). The number of hydrogen-bond donors (Lipinski definition) is 1.